The molecule has 2 saturated carbocycles. The monoisotopic (exact) mass is 586 g/mol. The number of benzene rings is 1. The zero-order chi connectivity index (χ0) is 30.0. The summed E-state index contributed by atoms with van der Waals surface area (Å²) in [5, 5.41) is 0. The fourth-order valence-corrected chi connectivity index (χ4v) is 8.47. The van der Waals surface area contributed by atoms with E-state index in [1.165, 1.54) is 12.0 Å². The average Bonchev–Trinajstić information content (AvgIpc) is 3.87. The number of carbonyl (C=O) groups excluding carboxylic acids is 6. The van der Waals surface area contributed by atoms with Gasteiger partial charge in [-0.25, -0.2) is 4.79 Å². The van der Waals surface area contributed by atoms with Crippen molar-refractivity contribution in [1.29, 1.82) is 0 Å². The maximum atomic E-state index is 13.5. The molecule has 10 heteroatoms. The quantitative estimate of drug-likeness (QED) is 0.127. The van der Waals surface area contributed by atoms with Crippen LogP contribution in [0, 0.1) is 47.3 Å². The number of nitrogens with zero attached hydrogens (tertiary/aromatic N) is 2. The molecule has 4 amide bonds. The van der Waals surface area contributed by atoms with Gasteiger partial charge in [-0.1, -0.05) is 24.3 Å². The molecule has 7 rings (SSSR count). The summed E-state index contributed by atoms with van der Waals surface area (Å²) in [4.78, 5) is 81.8. The minimum atomic E-state index is -1.18. The predicted molar refractivity (Wildman–Crippen MR) is 150 cm³/mol. The number of amides is 4. The lowest BCUT2D eigenvalue weighted by Gasteiger charge is -2.26. The van der Waals surface area contributed by atoms with Crippen molar-refractivity contribution in [3.63, 3.8) is 0 Å². The van der Waals surface area contributed by atoms with E-state index >= 15 is 0 Å². The Kier molecular flexibility index (Phi) is 6.82. The number of hydrogen-bond acceptors (Lipinski definition) is 8. The summed E-state index contributed by atoms with van der Waals surface area (Å²) in [7, 11) is 1.52. The number of hydrogen-bond donors (Lipinski definition) is 0. The number of likely N-dealkylation sites (tertiary alicyclic amines) is 2. The van der Waals surface area contributed by atoms with Crippen molar-refractivity contribution in [1.82, 2.24) is 9.80 Å². The Hall–Kier alpha value is -4.08. The summed E-state index contributed by atoms with van der Waals surface area (Å²) in [6.07, 6.45) is 10.6. The number of imide groups is 2. The predicted octanol–water partition coefficient (Wildman–Crippen LogP) is 2.57. The SMILES string of the molecule is COc1ccc(C(=O)COC(=O)[C@H](CCCCN2C(=O)[C@@H]3[C@@H](C2=O)[C@H]2C=C[C@H]3C2)N2C(=O)[C@@H]3[C@H](C2=O)[C@H]2C=C[C@H]3C2)cc1. The van der Waals surface area contributed by atoms with Crippen LogP contribution in [0.2, 0.25) is 0 Å². The third-order valence-corrected chi connectivity index (χ3v) is 10.5. The smallest absolute Gasteiger partial charge is 0.329 e. The second kappa shape index (κ2) is 10.6. The van der Waals surface area contributed by atoms with Gasteiger partial charge in [0, 0.05) is 12.1 Å². The number of esters is 1. The van der Waals surface area contributed by atoms with E-state index in [4.69, 9.17) is 9.47 Å². The first-order chi connectivity index (χ1) is 20.8. The van der Waals surface area contributed by atoms with E-state index < -0.39 is 36.2 Å². The lowest BCUT2D eigenvalue weighted by Crippen LogP contribution is -2.47. The van der Waals surface area contributed by atoms with Gasteiger partial charge in [0.25, 0.3) is 0 Å². The van der Waals surface area contributed by atoms with Crippen molar-refractivity contribution < 1.29 is 38.2 Å². The second-order valence-corrected chi connectivity index (χ2v) is 12.6. The molecule has 2 aliphatic heterocycles. The molecule has 1 aromatic carbocycles. The van der Waals surface area contributed by atoms with Gasteiger partial charge in [-0.05, 0) is 80.0 Å². The van der Waals surface area contributed by atoms with Gasteiger partial charge in [0.2, 0.25) is 23.6 Å². The Morgan fingerprint density at radius 3 is 1.79 bits per heavy atom. The summed E-state index contributed by atoms with van der Waals surface area (Å²) in [6, 6.07) is 5.22. The number of Topliss-reactive ketones (excluding diaryl/α,β-unsaturated/α-hetero) is 1. The standard InChI is InChI=1S/C33H34N2O8/c1-42-22-11-9-17(10-12-22)24(36)16-43-33(41)23(35-31(39)27-20-7-8-21(15-20)28(27)32(35)40)4-2-3-13-34-29(37)25-18-5-6-19(14-18)26(25)30(34)38/h5-12,18-21,23,25-28H,2-4,13-16H2,1H3/t18-,19-,20-,21-,23-,25-,26-,27-,28+/m0/s1. The number of rotatable bonds is 11. The van der Waals surface area contributed by atoms with E-state index in [0.717, 1.165) is 17.7 Å². The van der Waals surface area contributed by atoms with Gasteiger partial charge >= 0.3 is 5.97 Å². The zero-order valence-electron chi connectivity index (χ0n) is 23.9. The Bertz CT molecular complexity index is 1400. The molecule has 10 nitrogen and oxygen atoms in total. The van der Waals surface area contributed by atoms with Gasteiger partial charge in [0.1, 0.15) is 11.8 Å². The largest absolute Gasteiger partial charge is 0.497 e. The Morgan fingerprint density at radius 2 is 1.28 bits per heavy atom. The normalized spacial score (nSPS) is 33.5. The molecule has 0 spiro atoms. The van der Waals surface area contributed by atoms with Crippen LogP contribution in [-0.4, -0.2) is 71.5 Å². The first kappa shape index (κ1) is 27.7. The molecule has 2 saturated heterocycles. The van der Waals surface area contributed by atoms with Gasteiger partial charge < -0.3 is 9.47 Å². The zero-order valence-corrected chi connectivity index (χ0v) is 23.9. The fraction of sp³-hybridized carbons (Fsp3) is 0.515. The van der Waals surface area contributed by atoms with Crippen LogP contribution in [0.5, 0.6) is 5.75 Å². The van der Waals surface area contributed by atoms with Crippen molar-refractivity contribution in [3.8, 4) is 5.75 Å². The van der Waals surface area contributed by atoms with Crippen molar-refractivity contribution in [2.45, 2.75) is 38.1 Å². The number of ketones is 1. The van der Waals surface area contributed by atoms with Crippen molar-refractivity contribution in [3.05, 3.63) is 54.1 Å². The number of allylic oxidation sites excluding steroid dienone is 4. The minimum Gasteiger partial charge on any atom is -0.497 e. The first-order valence-corrected chi connectivity index (χ1v) is 15.2. The summed E-state index contributed by atoms with van der Waals surface area (Å²) in [5.74, 6) is -2.87. The van der Waals surface area contributed by atoms with Crippen LogP contribution in [-0.2, 0) is 28.7 Å². The molecule has 0 aromatic heterocycles. The Morgan fingerprint density at radius 1 is 0.767 bits per heavy atom. The number of methoxy groups -OCH3 is 1. The third-order valence-electron chi connectivity index (χ3n) is 10.5. The topological polar surface area (TPSA) is 127 Å². The molecule has 0 N–H and O–H groups in total. The summed E-state index contributed by atoms with van der Waals surface area (Å²) >= 11 is 0. The molecule has 2 heterocycles. The van der Waals surface area contributed by atoms with E-state index in [9.17, 15) is 28.8 Å². The van der Waals surface area contributed by atoms with Crippen LogP contribution < -0.4 is 4.74 Å². The fourth-order valence-electron chi connectivity index (χ4n) is 8.47. The van der Waals surface area contributed by atoms with Crippen LogP contribution in [0.25, 0.3) is 0 Å². The lowest BCUT2D eigenvalue weighted by molar-refractivity contribution is -0.159. The minimum absolute atomic E-state index is 0.0128. The molecule has 224 valence electrons. The second-order valence-electron chi connectivity index (χ2n) is 12.6. The maximum Gasteiger partial charge on any atom is 0.329 e. The molecular formula is C33H34N2O8. The summed E-state index contributed by atoms with van der Waals surface area (Å²) < 4.78 is 10.5. The van der Waals surface area contributed by atoms with Crippen LogP contribution in [0.3, 0.4) is 0 Å². The van der Waals surface area contributed by atoms with Gasteiger partial charge in [-0.15, -0.1) is 0 Å². The van der Waals surface area contributed by atoms with E-state index in [0.29, 0.717) is 24.2 Å². The van der Waals surface area contributed by atoms with Gasteiger partial charge in [-0.2, -0.15) is 0 Å². The molecule has 9 atom stereocenters. The average molecular weight is 587 g/mol. The lowest BCUT2D eigenvalue weighted by atomic mass is 9.85. The molecule has 0 radical (unpaired) electrons. The van der Waals surface area contributed by atoms with E-state index in [-0.39, 0.29) is 72.1 Å². The Labute approximate surface area is 249 Å². The number of ether oxygens (including phenoxy) is 2. The van der Waals surface area contributed by atoms with Crippen LogP contribution in [0.1, 0.15) is 42.5 Å². The third kappa shape index (κ3) is 4.36. The number of fused-ring (bicyclic) bond motifs is 10. The molecule has 4 bridgehead atoms. The van der Waals surface area contributed by atoms with Crippen LogP contribution >= 0.6 is 0 Å². The van der Waals surface area contributed by atoms with Gasteiger partial charge in [0.05, 0.1) is 30.8 Å². The van der Waals surface area contributed by atoms with Gasteiger partial charge in [0.15, 0.2) is 12.4 Å². The van der Waals surface area contributed by atoms with E-state index in [1.807, 2.05) is 12.2 Å². The molecule has 4 fully saturated rings. The Balaban J connectivity index is 1.02. The van der Waals surface area contributed by atoms with Crippen LogP contribution in [0.15, 0.2) is 48.6 Å². The van der Waals surface area contributed by atoms with Crippen molar-refractivity contribution in [2.24, 2.45) is 47.3 Å². The van der Waals surface area contributed by atoms with Crippen molar-refractivity contribution >= 4 is 35.4 Å². The van der Waals surface area contributed by atoms with E-state index in [1.54, 1.807) is 24.3 Å². The number of unbranched alkanes of at least 4 members (excludes halogenated alkanes) is 1. The van der Waals surface area contributed by atoms with Gasteiger partial charge in [-0.3, -0.25) is 33.8 Å². The van der Waals surface area contributed by atoms with Crippen molar-refractivity contribution in [2.75, 3.05) is 20.3 Å². The number of carbonyl (C=O) groups is 6. The van der Waals surface area contributed by atoms with Crippen LogP contribution in [0.4, 0.5) is 0 Å². The first-order valence-electron chi connectivity index (χ1n) is 15.2. The molecule has 6 aliphatic rings. The highest BCUT2D eigenvalue weighted by atomic mass is 16.5. The highest BCUT2D eigenvalue weighted by Gasteiger charge is 2.61. The molecule has 1 aromatic rings. The summed E-state index contributed by atoms with van der Waals surface area (Å²) in [5.41, 5.74) is 0.337. The maximum absolute atomic E-state index is 13.5. The molecule has 4 aliphatic carbocycles. The molecular weight excluding hydrogens is 552 g/mol. The summed E-state index contributed by atoms with van der Waals surface area (Å²) in [6.45, 7) is -0.309. The molecule has 0 unspecified atom stereocenters. The molecule has 43 heavy (non-hydrogen) atoms. The van der Waals surface area contributed by atoms with E-state index in [2.05, 4.69) is 12.2 Å². The highest BCUT2D eigenvalue weighted by Crippen LogP contribution is 2.54. The highest BCUT2D eigenvalue weighted by molar-refractivity contribution is 6.09.